The van der Waals surface area contributed by atoms with Crippen LogP contribution in [-0.4, -0.2) is 37.3 Å². The van der Waals surface area contributed by atoms with Crippen LogP contribution in [-0.2, 0) is 22.4 Å². The van der Waals surface area contributed by atoms with E-state index in [2.05, 4.69) is 10.6 Å². The summed E-state index contributed by atoms with van der Waals surface area (Å²) in [7, 11) is 1.63. The summed E-state index contributed by atoms with van der Waals surface area (Å²) >= 11 is 0. The average molecular weight is 413 g/mol. The summed E-state index contributed by atoms with van der Waals surface area (Å²) in [5.41, 5.74) is 2.47. The van der Waals surface area contributed by atoms with E-state index in [4.69, 9.17) is 9.47 Å². The van der Waals surface area contributed by atoms with Crippen molar-refractivity contribution >= 4 is 12.0 Å². The zero-order chi connectivity index (χ0) is 22.1. The van der Waals surface area contributed by atoms with E-state index < -0.39 is 17.7 Å². The third-order valence-corrected chi connectivity index (χ3v) is 4.42. The van der Waals surface area contributed by atoms with Gasteiger partial charge in [-0.25, -0.2) is 4.79 Å². The molecule has 0 spiro atoms. The molecule has 0 saturated heterocycles. The first kappa shape index (κ1) is 23.3. The predicted octanol–water partition coefficient (Wildman–Crippen LogP) is 3.80. The minimum atomic E-state index is -0.735. The molecular weight excluding hydrogens is 380 g/mol. The number of carbonyl (C=O) groups excluding carboxylic acids is 2. The molecular formula is C24H32N2O4. The SMILES string of the molecule is COc1ccc(C)cc1CCNC(=O)[C@H](Cc1ccccc1)NC(=O)OC(C)(C)C. The van der Waals surface area contributed by atoms with Gasteiger partial charge in [-0.15, -0.1) is 0 Å². The number of nitrogens with one attached hydrogen (secondary N) is 2. The van der Waals surface area contributed by atoms with E-state index in [1.165, 1.54) is 0 Å². The van der Waals surface area contributed by atoms with Gasteiger partial charge in [0.2, 0.25) is 5.91 Å². The molecule has 2 N–H and O–H groups in total. The monoisotopic (exact) mass is 412 g/mol. The molecule has 0 radical (unpaired) electrons. The number of benzene rings is 2. The van der Waals surface area contributed by atoms with E-state index in [0.29, 0.717) is 19.4 Å². The quantitative estimate of drug-likeness (QED) is 0.691. The second-order valence-corrected chi connectivity index (χ2v) is 8.24. The van der Waals surface area contributed by atoms with Crippen molar-refractivity contribution in [3.63, 3.8) is 0 Å². The normalized spacial score (nSPS) is 12.0. The smallest absolute Gasteiger partial charge is 0.408 e. The molecule has 2 amide bonds. The fourth-order valence-corrected chi connectivity index (χ4v) is 3.06. The van der Waals surface area contributed by atoms with Crippen molar-refractivity contribution in [1.82, 2.24) is 10.6 Å². The highest BCUT2D eigenvalue weighted by Crippen LogP contribution is 2.19. The van der Waals surface area contributed by atoms with Crippen molar-refractivity contribution in [2.24, 2.45) is 0 Å². The maximum Gasteiger partial charge on any atom is 0.408 e. The first-order valence-electron chi connectivity index (χ1n) is 10.1. The van der Waals surface area contributed by atoms with Gasteiger partial charge in [0.1, 0.15) is 17.4 Å². The Labute approximate surface area is 179 Å². The number of methoxy groups -OCH3 is 1. The van der Waals surface area contributed by atoms with E-state index in [1.54, 1.807) is 27.9 Å². The molecule has 1 atom stereocenters. The third kappa shape index (κ3) is 7.78. The van der Waals surface area contributed by atoms with Crippen LogP contribution in [0.5, 0.6) is 5.75 Å². The highest BCUT2D eigenvalue weighted by molar-refractivity contribution is 5.86. The van der Waals surface area contributed by atoms with E-state index in [9.17, 15) is 9.59 Å². The molecule has 0 saturated carbocycles. The Morgan fingerprint density at radius 1 is 1.07 bits per heavy atom. The van der Waals surface area contributed by atoms with Gasteiger partial charge in [0.15, 0.2) is 0 Å². The van der Waals surface area contributed by atoms with Crippen molar-refractivity contribution in [3.8, 4) is 5.75 Å². The highest BCUT2D eigenvalue weighted by Gasteiger charge is 2.24. The lowest BCUT2D eigenvalue weighted by atomic mass is 10.0. The Morgan fingerprint density at radius 2 is 1.77 bits per heavy atom. The summed E-state index contributed by atoms with van der Waals surface area (Å²) in [5.74, 6) is 0.541. The van der Waals surface area contributed by atoms with Crippen molar-refractivity contribution in [2.75, 3.05) is 13.7 Å². The largest absolute Gasteiger partial charge is 0.496 e. The summed E-state index contributed by atoms with van der Waals surface area (Å²) in [6.07, 6.45) is 0.389. The molecule has 30 heavy (non-hydrogen) atoms. The Morgan fingerprint density at radius 3 is 2.40 bits per heavy atom. The molecule has 0 heterocycles. The van der Waals surface area contributed by atoms with Crippen LogP contribution in [0.15, 0.2) is 48.5 Å². The van der Waals surface area contributed by atoms with Crippen LogP contribution in [0.1, 0.15) is 37.5 Å². The van der Waals surface area contributed by atoms with Gasteiger partial charge in [-0.2, -0.15) is 0 Å². The van der Waals surface area contributed by atoms with Gasteiger partial charge in [-0.05, 0) is 51.3 Å². The molecule has 0 aliphatic heterocycles. The molecule has 2 rings (SSSR count). The number of carbonyl (C=O) groups is 2. The summed E-state index contributed by atoms with van der Waals surface area (Å²) in [6.45, 7) is 7.80. The predicted molar refractivity (Wildman–Crippen MR) is 118 cm³/mol. The zero-order valence-electron chi connectivity index (χ0n) is 18.5. The maximum atomic E-state index is 12.8. The van der Waals surface area contributed by atoms with Crippen LogP contribution in [0.4, 0.5) is 4.79 Å². The fraction of sp³-hybridized carbons (Fsp3) is 0.417. The van der Waals surface area contributed by atoms with E-state index in [1.807, 2.05) is 55.5 Å². The number of hydrogen-bond donors (Lipinski definition) is 2. The minimum Gasteiger partial charge on any atom is -0.496 e. The van der Waals surface area contributed by atoms with Gasteiger partial charge in [-0.1, -0.05) is 48.0 Å². The van der Waals surface area contributed by atoms with Crippen molar-refractivity contribution in [1.29, 1.82) is 0 Å². The molecule has 2 aromatic rings. The molecule has 2 aromatic carbocycles. The van der Waals surface area contributed by atoms with Gasteiger partial charge in [0.05, 0.1) is 7.11 Å². The molecule has 0 fully saturated rings. The Balaban J connectivity index is 2.02. The van der Waals surface area contributed by atoms with Crippen LogP contribution in [0.3, 0.4) is 0 Å². The fourth-order valence-electron chi connectivity index (χ4n) is 3.06. The summed E-state index contributed by atoms with van der Waals surface area (Å²) < 4.78 is 10.7. The molecule has 6 heteroatoms. The number of rotatable bonds is 8. The Kier molecular flexibility index (Phi) is 8.27. The van der Waals surface area contributed by atoms with Crippen molar-refractivity contribution < 1.29 is 19.1 Å². The van der Waals surface area contributed by atoms with E-state index in [-0.39, 0.29) is 5.91 Å². The summed E-state index contributed by atoms with van der Waals surface area (Å²) in [6, 6.07) is 14.8. The second-order valence-electron chi connectivity index (χ2n) is 8.24. The molecule has 0 aliphatic carbocycles. The zero-order valence-corrected chi connectivity index (χ0v) is 18.5. The van der Waals surface area contributed by atoms with Crippen LogP contribution in [0, 0.1) is 6.92 Å². The number of alkyl carbamates (subject to hydrolysis) is 1. The van der Waals surface area contributed by atoms with Crippen molar-refractivity contribution in [3.05, 3.63) is 65.2 Å². The standard InChI is InChI=1S/C24H32N2O4/c1-17-11-12-21(29-5)19(15-17)13-14-25-22(27)20(16-18-9-7-6-8-10-18)26-23(28)30-24(2,3)4/h6-12,15,20H,13-14,16H2,1-5H3,(H,25,27)(H,26,28)/t20-/m0/s1. The lowest BCUT2D eigenvalue weighted by Gasteiger charge is -2.23. The van der Waals surface area contributed by atoms with Crippen LogP contribution >= 0.6 is 0 Å². The highest BCUT2D eigenvalue weighted by atomic mass is 16.6. The molecule has 162 valence electrons. The van der Waals surface area contributed by atoms with Gasteiger partial charge in [0.25, 0.3) is 0 Å². The summed E-state index contributed by atoms with van der Waals surface area (Å²) in [5, 5.41) is 5.63. The van der Waals surface area contributed by atoms with Crippen LogP contribution < -0.4 is 15.4 Å². The molecule has 0 bridgehead atoms. The Hall–Kier alpha value is -3.02. The van der Waals surface area contributed by atoms with E-state index >= 15 is 0 Å². The second kappa shape index (κ2) is 10.7. The molecule has 0 unspecified atom stereocenters. The van der Waals surface area contributed by atoms with Gasteiger partial charge >= 0.3 is 6.09 Å². The molecule has 6 nitrogen and oxygen atoms in total. The van der Waals surface area contributed by atoms with Gasteiger partial charge in [-0.3, -0.25) is 4.79 Å². The molecule has 0 aromatic heterocycles. The maximum absolute atomic E-state index is 12.8. The molecule has 0 aliphatic rings. The summed E-state index contributed by atoms with van der Waals surface area (Å²) in [4.78, 5) is 25.1. The number of hydrogen-bond acceptors (Lipinski definition) is 4. The van der Waals surface area contributed by atoms with E-state index in [0.717, 1.165) is 22.4 Å². The van der Waals surface area contributed by atoms with Gasteiger partial charge < -0.3 is 20.1 Å². The lowest BCUT2D eigenvalue weighted by molar-refractivity contribution is -0.123. The van der Waals surface area contributed by atoms with Crippen molar-refractivity contribution in [2.45, 2.75) is 52.2 Å². The minimum absolute atomic E-state index is 0.253. The first-order valence-corrected chi connectivity index (χ1v) is 10.1. The first-order chi connectivity index (χ1) is 14.2. The van der Waals surface area contributed by atoms with Gasteiger partial charge in [0, 0.05) is 13.0 Å². The Bertz CT molecular complexity index is 844. The average Bonchev–Trinajstić information content (AvgIpc) is 2.67. The third-order valence-electron chi connectivity index (χ3n) is 4.42. The number of aryl methyl sites for hydroxylation is 1. The lowest BCUT2D eigenvalue weighted by Crippen LogP contribution is -2.49. The number of amides is 2. The number of ether oxygens (including phenoxy) is 2. The topological polar surface area (TPSA) is 76.7 Å². The van der Waals surface area contributed by atoms with Crippen LogP contribution in [0.25, 0.3) is 0 Å². The van der Waals surface area contributed by atoms with Crippen LogP contribution in [0.2, 0.25) is 0 Å².